The second kappa shape index (κ2) is 8.73. The molecule has 6 nitrogen and oxygen atoms in total. The Morgan fingerprint density at radius 2 is 1.69 bits per heavy atom. The number of amides is 1. The molecule has 1 amide bonds. The first-order valence-corrected chi connectivity index (χ1v) is 10.0. The van der Waals surface area contributed by atoms with Crippen molar-refractivity contribution in [2.75, 3.05) is 16.0 Å². The average molecular weight is 387 g/mol. The number of aromatic nitrogens is 2. The summed E-state index contributed by atoms with van der Waals surface area (Å²) in [5, 5.41) is 9.65. The lowest BCUT2D eigenvalue weighted by atomic mass is 10.1. The van der Waals surface area contributed by atoms with E-state index in [1.807, 2.05) is 60.7 Å². The zero-order valence-corrected chi connectivity index (χ0v) is 16.5. The number of rotatable bonds is 6. The van der Waals surface area contributed by atoms with Crippen LogP contribution in [0.15, 0.2) is 60.7 Å². The molecule has 1 aliphatic rings. The van der Waals surface area contributed by atoms with Crippen molar-refractivity contribution in [1.29, 1.82) is 0 Å². The van der Waals surface area contributed by atoms with Gasteiger partial charge in [0.1, 0.15) is 5.82 Å². The van der Waals surface area contributed by atoms with Gasteiger partial charge in [-0.25, -0.2) is 4.98 Å². The molecule has 1 saturated carbocycles. The van der Waals surface area contributed by atoms with Crippen LogP contribution in [0, 0.1) is 0 Å². The Kier molecular flexibility index (Phi) is 5.70. The van der Waals surface area contributed by atoms with Crippen LogP contribution >= 0.6 is 0 Å². The van der Waals surface area contributed by atoms with Gasteiger partial charge in [0, 0.05) is 36.0 Å². The maximum atomic E-state index is 11.3. The van der Waals surface area contributed by atoms with Gasteiger partial charge >= 0.3 is 0 Å². The predicted molar refractivity (Wildman–Crippen MR) is 117 cm³/mol. The van der Waals surface area contributed by atoms with Gasteiger partial charge in [-0.3, -0.25) is 4.79 Å². The summed E-state index contributed by atoms with van der Waals surface area (Å²) in [4.78, 5) is 20.8. The first-order chi connectivity index (χ1) is 14.2. The Labute approximate surface area is 170 Å². The second-order valence-corrected chi connectivity index (χ2v) is 7.34. The van der Waals surface area contributed by atoms with Gasteiger partial charge in [-0.1, -0.05) is 49.2 Å². The Bertz CT molecular complexity index is 984. The summed E-state index contributed by atoms with van der Waals surface area (Å²) in [5.41, 5.74) is 3.49. The van der Waals surface area contributed by atoms with E-state index in [0.29, 0.717) is 17.8 Å². The van der Waals surface area contributed by atoms with Gasteiger partial charge in [-0.05, 0) is 31.0 Å². The lowest BCUT2D eigenvalue weighted by Gasteiger charge is -2.15. The molecule has 0 atom stereocenters. The number of carbonyl (C=O) groups excluding carboxylic acids is 1. The molecule has 1 fully saturated rings. The second-order valence-electron chi connectivity index (χ2n) is 7.34. The Morgan fingerprint density at radius 1 is 0.931 bits per heavy atom. The number of carbonyl (C=O) groups is 1. The van der Waals surface area contributed by atoms with Crippen LogP contribution in [-0.2, 0) is 4.79 Å². The molecule has 0 spiro atoms. The molecule has 2 aromatic carbocycles. The number of nitrogens with zero attached hydrogens (tertiary/aromatic N) is 2. The third kappa shape index (κ3) is 5.10. The highest BCUT2D eigenvalue weighted by molar-refractivity contribution is 5.89. The highest BCUT2D eigenvalue weighted by Gasteiger charge is 2.17. The Hall–Kier alpha value is -3.41. The molecular weight excluding hydrogens is 362 g/mol. The van der Waals surface area contributed by atoms with E-state index >= 15 is 0 Å². The molecule has 1 heterocycles. The zero-order valence-electron chi connectivity index (χ0n) is 16.5. The molecule has 0 aliphatic heterocycles. The summed E-state index contributed by atoms with van der Waals surface area (Å²) in [6, 6.07) is 20.0. The van der Waals surface area contributed by atoms with Crippen molar-refractivity contribution in [3.8, 4) is 11.3 Å². The van der Waals surface area contributed by atoms with Crippen LogP contribution in [0.3, 0.4) is 0 Å². The van der Waals surface area contributed by atoms with Crippen molar-refractivity contribution in [2.45, 2.75) is 38.6 Å². The fourth-order valence-electron chi connectivity index (χ4n) is 3.61. The molecule has 1 aliphatic carbocycles. The van der Waals surface area contributed by atoms with E-state index < -0.39 is 0 Å². The maximum Gasteiger partial charge on any atom is 0.225 e. The molecule has 0 radical (unpaired) electrons. The maximum absolute atomic E-state index is 11.3. The minimum Gasteiger partial charge on any atom is -0.351 e. The van der Waals surface area contributed by atoms with Gasteiger partial charge in [0.05, 0.1) is 5.69 Å². The van der Waals surface area contributed by atoms with Gasteiger partial charge in [0.25, 0.3) is 0 Å². The standard InChI is InChI=1S/C23H25N5O/c1-16(29)24-19-12-7-13-20(14-19)25-22-15-21(17-8-3-2-4-9-17)27-23(28-22)26-18-10-5-6-11-18/h2-4,7-9,12-15,18H,5-6,10-11H2,1H3,(H,24,29)(H2,25,26,27,28). The fraction of sp³-hybridized carbons (Fsp3) is 0.261. The molecule has 6 heteroatoms. The number of nitrogens with one attached hydrogen (secondary N) is 3. The molecule has 3 aromatic rings. The van der Waals surface area contributed by atoms with Gasteiger partial charge in [-0.15, -0.1) is 0 Å². The van der Waals surface area contributed by atoms with E-state index in [2.05, 4.69) is 20.9 Å². The van der Waals surface area contributed by atoms with E-state index in [1.165, 1.54) is 19.8 Å². The van der Waals surface area contributed by atoms with Crippen molar-refractivity contribution in [3.63, 3.8) is 0 Å². The number of benzene rings is 2. The summed E-state index contributed by atoms with van der Waals surface area (Å²) in [6.45, 7) is 1.50. The molecular formula is C23H25N5O. The van der Waals surface area contributed by atoms with Crippen LogP contribution in [0.25, 0.3) is 11.3 Å². The largest absolute Gasteiger partial charge is 0.351 e. The summed E-state index contributed by atoms with van der Waals surface area (Å²) < 4.78 is 0. The van der Waals surface area contributed by atoms with Crippen LogP contribution in [0.2, 0.25) is 0 Å². The smallest absolute Gasteiger partial charge is 0.225 e. The first-order valence-electron chi connectivity index (χ1n) is 10.0. The van der Waals surface area contributed by atoms with Crippen molar-refractivity contribution in [2.24, 2.45) is 0 Å². The summed E-state index contributed by atoms with van der Waals surface area (Å²) in [6.07, 6.45) is 4.80. The predicted octanol–water partition coefficient (Wildman–Crippen LogP) is 5.20. The minimum absolute atomic E-state index is 0.0985. The van der Waals surface area contributed by atoms with E-state index in [9.17, 15) is 4.79 Å². The topological polar surface area (TPSA) is 78.9 Å². The molecule has 0 unspecified atom stereocenters. The molecule has 148 valence electrons. The normalized spacial score (nSPS) is 13.8. The molecule has 0 bridgehead atoms. The van der Waals surface area contributed by atoms with Crippen molar-refractivity contribution in [1.82, 2.24) is 9.97 Å². The van der Waals surface area contributed by atoms with Crippen LogP contribution in [-0.4, -0.2) is 21.9 Å². The lowest BCUT2D eigenvalue weighted by Crippen LogP contribution is -2.17. The van der Waals surface area contributed by atoms with Crippen LogP contribution in [0.1, 0.15) is 32.6 Å². The highest BCUT2D eigenvalue weighted by atomic mass is 16.1. The lowest BCUT2D eigenvalue weighted by molar-refractivity contribution is -0.114. The first kappa shape index (κ1) is 18.9. The van der Waals surface area contributed by atoms with Gasteiger partial charge in [-0.2, -0.15) is 4.98 Å². The summed E-state index contributed by atoms with van der Waals surface area (Å²) in [7, 11) is 0. The van der Waals surface area contributed by atoms with Crippen molar-refractivity contribution < 1.29 is 4.79 Å². The van der Waals surface area contributed by atoms with Crippen molar-refractivity contribution >= 4 is 29.0 Å². The monoisotopic (exact) mass is 387 g/mol. The van der Waals surface area contributed by atoms with Gasteiger partial charge < -0.3 is 16.0 Å². The summed E-state index contributed by atoms with van der Waals surface area (Å²) in [5.74, 6) is 1.25. The van der Waals surface area contributed by atoms with Crippen LogP contribution < -0.4 is 16.0 Å². The van der Waals surface area contributed by atoms with Gasteiger partial charge in [0.2, 0.25) is 11.9 Å². The number of anilines is 4. The van der Waals surface area contributed by atoms with E-state index in [0.717, 1.165) is 35.5 Å². The van der Waals surface area contributed by atoms with Crippen LogP contribution in [0.4, 0.5) is 23.1 Å². The van der Waals surface area contributed by atoms with Crippen molar-refractivity contribution in [3.05, 3.63) is 60.7 Å². The highest BCUT2D eigenvalue weighted by Crippen LogP contribution is 2.27. The fourth-order valence-corrected chi connectivity index (χ4v) is 3.61. The molecule has 4 rings (SSSR count). The number of hydrogen-bond donors (Lipinski definition) is 3. The SMILES string of the molecule is CC(=O)Nc1cccc(Nc2cc(-c3ccccc3)nc(NC3CCCC3)n2)c1. The van der Waals surface area contributed by atoms with E-state index in [4.69, 9.17) is 4.98 Å². The third-order valence-electron chi connectivity index (χ3n) is 4.94. The molecule has 0 saturated heterocycles. The molecule has 29 heavy (non-hydrogen) atoms. The summed E-state index contributed by atoms with van der Waals surface area (Å²) >= 11 is 0. The van der Waals surface area contributed by atoms with E-state index in [-0.39, 0.29) is 5.91 Å². The zero-order chi connectivity index (χ0) is 20.1. The third-order valence-corrected chi connectivity index (χ3v) is 4.94. The Morgan fingerprint density at radius 3 is 2.45 bits per heavy atom. The van der Waals surface area contributed by atoms with Gasteiger partial charge in [0.15, 0.2) is 0 Å². The number of hydrogen-bond acceptors (Lipinski definition) is 5. The average Bonchev–Trinajstić information content (AvgIpc) is 3.21. The molecule has 3 N–H and O–H groups in total. The Balaban J connectivity index is 1.63. The van der Waals surface area contributed by atoms with Crippen LogP contribution in [0.5, 0.6) is 0 Å². The quantitative estimate of drug-likeness (QED) is 0.542. The van der Waals surface area contributed by atoms with E-state index in [1.54, 1.807) is 0 Å². The minimum atomic E-state index is -0.0985. The molecule has 1 aromatic heterocycles.